The van der Waals surface area contributed by atoms with E-state index >= 15 is 0 Å². The number of nitrogens with zero attached hydrogens (tertiary/aromatic N) is 1. The van der Waals surface area contributed by atoms with Gasteiger partial charge in [-0.25, -0.2) is 18.1 Å². The summed E-state index contributed by atoms with van der Waals surface area (Å²) in [4.78, 5) is 7.77. The molecular weight excluding hydrogens is 310 g/mol. The molecule has 2 N–H and O–H groups in total. The molecule has 120 valence electrons. The number of benzene rings is 2. The van der Waals surface area contributed by atoms with Gasteiger partial charge in [-0.15, -0.1) is 0 Å². The molecule has 0 amide bonds. The number of imidazole rings is 1. The van der Waals surface area contributed by atoms with Gasteiger partial charge in [-0.3, -0.25) is 0 Å². The van der Waals surface area contributed by atoms with Gasteiger partial charge in [0, 0.05) is 6.54 Å². The lowest BCUT2D eigenvalue weighted by atomic mass is 10.2. The van der Waals surface area contributed by atoms with Crippen molar-refractivity contribution in [2.24, 2.45) is 0 Å². The zero-order valence-electron chi connectivity index (χ0n) is 13.1. The van der Waals surface area contributed by atoms with Crippen LogP contribution in [0.15, 0.2) is 47.4 Å². The largest absolute Gasteiger partial charge is 0.342 e. The first kappa shape index (κ1) is 15.7. The van der Waals surface area contributed by atoms with Gasteiger partial charge in [-0.2, -0.15) is 0 Å². The Balaban J connectivity index is 1.76. The Kier molecular flexibility index (Phi) is 4.19. The van der Waals surface area contributed by atoms with Crippen molar-refractivity contribution < 1.29 is 8.42 Å². The molecule has 0 atom stereocenters. The molecule has 0 unspecified atom stereocenters. The van der Waals surface area contributed by atoms with E-state index in [0.29, 0.717) is 0 Å². The average molecular weight is 329 g/mol. The number of rotatable bonds is 5. The van der Waals surface area contributed by atoms with Crippen LogP contribution in [0.1, 0.15) is 23.9 Å². The van der Waals surface area contributed by atoms with Crippen LogP contribution in [0.4, 0.5) is 0 Å². The zero-order valence-corrected chi connectivity index (χ0v) is 13.9. The van der Waals surface area contributed by atoms with Gasteiger partial charge in [0.2, 0.25) is 10.0 Å². The third-order valence-corrected chi connectivity index (χ3v) is 5.19. The molecule has 0 saturated heterocycles. The highest BCUT2D eigenvalue weighted by Crippen LogP contribution is 2.15. The Morgan fingerprint density at radius 1 is 1.09 bits per heavy atom. The van der Waals surface area contributed by atoms with E-state index in [2.05, 4.69) is 14.7 Å². The van der Waals surface area contributed by atoms with Gasteiger partial charge in [0.05, 0.1) is 15.9 Å². The predicted octanol–water partition coefficient (Wildman–Crippen LogP) is 2.91. The SMILES string of the molecule is CCc1ccc(S(=O)(=O)NCc2ccc3nc(C)[nH]c3c2)cc1. The molecule has 2 aromatic carbocycles. The second-order valence-electron chi connectivity index (χ2n) is 5.50. The molecule has 0 aliphatic carbocycles. The highest BCUT2D eigenvalue weighted by atomic mass is 32.2. The number of aryl methyl sites for hydroxylation is 2. The van der Waals surface area contributed by atoms with Gasteiger partial charge in [0.1, 0.15) is 5.82 Å². The van der Waals surface area contributed by atoms with E-state index in [-0.39, 0.29) is 11.4 Å². The summed E-state index contributed by atoms with van der Waals surface area (Å²) in [7, 11) is -3.51. The standard InChI is InChI=1S/C17H19N3O2S/c1-3-13-4-7-15(8-5-13)23(21,22)18-11-14-6-9-16-17(10-14)20-12(2)19-16/h4-10,18H,3,11H2,1-2H3,(H,19,20). The monoisotopic (exact) mass is 329 g/mol. The lowest BCUT2D eigenvalue weighted by Gasteiger charge is -2.07. The Labute approximate surface area is 135 Å². The first-order valence-corrected chi connectivity index (χ1v) is 9.00. The first-order valence-electron chi connectivity index (χ1n) is 7.52. The van der Waals surface area contributed by atoms with E-state index in [1.54, 1.807) is 12.1 Å². The van der Waals surface area contributed by atoms with Crippen molar-refractivity contribution >= 4 is 21.1 Å². The van der Waals surface area contributed by atoms with Crippen LogP contribution in [0.3, 0.4) is 0 Å². The number of fused-ring (bicyclic) bond motifs is 1. The third kappa shape index (κ3) is 3.43. The summed E-state index contributed by atoms with van der Waals surface area (Å²) in [6.07, 6.45) is 0.886. The number of H-pyrrole nitrogens is 1. The fraction of sp³-hybridized carbons (Fsp3) is 0.235. The molecular formula is C17H19N3O2S. The lowest BCUT2D eigenvalue weighted by Crippen LogP contribution is -2.23. The summed E-state index contributed by atoms with van der Waals surface area (Å²) in [5.41, 5.74) is 3.79. The number of hydrogen-bond donors (Lipinski definition) is 2. The third-order valence-electron chi connectivity index (χ3n) is 3.77. The number of aromatic amines is 1. The molecule has 23 heavy (non-hydrogen) atoms. The quantitative estimate of drug-likeness (QED) is 0.756. The smallest absolute Gasteiger partial charge is 0.240 e. The second kappa shape index (κ2) is 6.14. The zero-order chi connectivity index (χ0) is 16.4. The summed E-state index contributed by atoms with van der Waals surface area (Å²) < 4.78 is 27.3. The molecule has 1 aromatic heterocycles. The molecule has 3 aromatic rings. The van der Waals surface area contributed by atoms with Crippen LogP contribution in [0.5, 0.6) is 0 Å². The van der Waals surface area contributed by atoms with Crippen LogP contribution in [-0.4, -0.2) is 18.4 Å². The van der Waals surface area contributed by atoms with Gasteiger partial charge >= 0.3 is 0 Å². The molecule has 0 aliphatic heterocycles. The van der Waals surface area contributed by atoms with E-state index in [0.717, 1.165) is 34.4 Å². The Morgan fingerprint density at radius 3 is 2.48 bits per heavy atom. The van der Waals surface area contributed by atoms with Gasteiger partial charge in [0.25, 0.3) is 0 Å². The molecule has 6 heteroatoms. The Bertz CT molecular complexity index is 928. The molecule has 0 fully saturated rings. The number of hydrogen-bond acceptors (Lipinski definition) is 3. The Hall–Kier alpha value is -2.18. The molecule has 0 aliphatic rings. The highest BCUT2D eigenvalue weighted by Gasteiger charge is 2.13. The molecule has 0 radical (unpaired) electrons. The van der Waals surface area contributed by atoms with Crippen molar-refractivity contribution in [2.75, 3.05) is 0 Å². The Morgan fingerprint density at radius 2 is 1.78 bits per heavy atom. The highest BCUT2D eigenvalue weighted by molar-refractivity contribution is 7.89. The van der Waals surface area contributed by atoms with Crippen molar-refractivity contribution in [1.29, 1.82) is 0 Å². The van der Waals surface area contributed by atoms with Gasteiger partial charge in [-0.05, 0) is 48.7 Å². The van der Waals surface area contributed by atoms with Crippen LogP contribution >= 0.6 is 0 Å². The van der Waals surface area contributed by atoms with E-state index in [1.807, 2.05) is 44.2 Å². The summed E-state index contributed by atoms with van der Waals surface area (Å²) in [5.74, 6) is 0.841. The lowest BCUT2D eigenvalue weighted by molar-refractivity contribution is 0.581. The molecule has 3 rings (SSSR count). The minimum Gasteiger partial charge on any atom is -0.342 e. The summed E-state index contributed by atoms with van der Waals surface area (Å²) in [6.45, 7) is 4.17. The number of sulfonamides is 1. The van der Waals surface area contributed by atoms with Crippen LogP contribution in [0, 0.1) is 6.92 Å². The maximum atomic E-state index is 12.3. The van der Waals surface area contributed by atoms with Crippen molar-refractivity contribution in [3.05, 3.63) is 59.4 Å². The topological polar surface area (TPSA) is 74.8 Å². The predicted molar refractivity (Wildman–Crippen MR) is 90.7 cm³/mol. The number of aromatic nitrogens is 2. The van der Waals surface area contributed by atoms with Crippen LogP contribution in [0.25, 0.3) is 11.0 Å². The number of nitrogens with one attached hydrogen (secondary N) is 2. The maximum absolute atomic E-state index is 12.3. The van der Waals surface area contributed by atoms with E-state index < -0.39 is 10.0 Å². The van der Waals surface area contributed by atoms with E-state index in [9.17, 15) is 8.42 Å². The van der Waals surface area contributed by atoms with Gasteiger partial charge in [0.15, 0.2) is 0 Å². The fourth-order valence-corrected chi connectivity index (χ4v) is 3.48. The second-order valence-corrected chi connectivity index (χ2v) is 7.26. The van der Waals surface area contributed by atoms with Crippen LogP contribution in [-0.2, 0) is 23.0 Å². The van der Waals surface area contributed by atoms with Crippen LogP contribution in [0.2, 0.25) is 0 Å². The fourth-order valence-electron chi connectivity index (χ4n) is 2.46. The van der Waals surface area contributed by atoms with Gasteiger partial charge < -0.3 is 4.98 Å². The summed E-state index contributed by atoms with van der Waals surface area (Å²) >= 11 is 0. The minimum absolute atomic E-state index is 0.242. The normalized spacial score (nSPS) is 11.9. The average Bonchev–Trinajstić information content (AvgIpc) is 2.92. The van der Waals surface area contributed by atoms with Crippen molar-refractivity contribution in [3.63, 3.8) is 0 Å². The molecule has 5 nitrogen and oxygen atoms in total. The van der Waals surface area contributed by atoms with Gasteiger partial charge in [-0.1, -0.05) is 25.1 Å². The van der Waals surface area contributed by atoms with E-state index in [4.69, 9.17) is 0 Å². The van der Waals surface area contributed by atoms with Crippen LogP contribution < -0.4 is 4.72 Å². The minimum atomic E-state index is -3.51. The first-order chi connectivity index (χ1) is 11.0. The van der Waals surface area contributed by atoms with E-state index in [1.165, 1.54) is 0 Å². The van der Waals surface area contributed by atoms with Crippen molar-refractivity contribution in [1.82, 2.24) is 14.7 Å². The summed E-state index contributed by atoms with van der Waals surface area (Å²) in [5, 5.41) is 0. The maximum Gasteiger partial charge on any atom is 0.240 e. The molecule has 1 heterocycles. The van der Waals surface area contributed by atoms with Crippen molar-refractivity contribution in [3.8, 4) is 0 Å². The molecule has 0 spiro atoms. The summed E-state index contributed by atoms with van der Waals surface area (Å²) in [6, 6.07) is 12.6. The molecule has 0 saturated carbocycles. The molecule has 0 bridgehead atoms. The van der Waals surface area contributed by atoms with Crippen molar-refractivity contribution in [2.45, 2.75) is 31.7 Å².